The summed E-state index contributed by atoms with van der Waals surface area (Å²) in [6, 6.07) is 9.76. The van der Waals surface area contributed by atoms with Crippen LogP contribution in [-0.4, -0.2) is 6.47 Å². The lowest BCUT2D eigenvalue weighted by molar-refractivity contribution is -0.143. The molecule has 1 atom stereocenters. The highest BCUT2D eigenvalue weighted by molar-refractivity contribution is 5.40. The summed E-state index contributed by atoms with van der Waals surface area (Å²) in [6.45, 7) is 4.42. The summed E-state index contributed by atoms with van der Waals surface area (Å²) in [5.74, 6) is 0. The van der Waals surface area contributed by atoms with E-state index in [1.54, 1.807) is 0 Å². The third kappa shape index (κ3) is 2.08. The molecule has 1 aromatic rings. The van der Waals surface area contributed by atoms with Gasteiger partial charge in [-0.15, -0.1) is 0 Å². The summed E-state index contributed by atoms with van der Waals surface area (Å²) >= 11 is 0. The minimum absolute atomic E-state index is 0.483. The molecule has 70 valence electrons. The summed E-state index contributed by atoms with van der Waals surface area (Å²) < 4.78 is 5.08. The van der Waals surface area contributed by atoms with E-state index in [1.165, 1.54) is 0 Å². The summed E-state index contributed by atoms with van der Waals surface area (Å²) in [5.41, 5.74) is 0.549. The molecule has 13 heavy (non-hydrogen) atoms. The molecule has 0 fully saturated rings. The topological polar surface area (TPSA) is 26.3 Å². The molecular weight excluding hydrogens is 164 g/mol. The second-order valence-corrected chi connectivity index (χ2v) is 3.16. The van der Waals surface area contributed by atoms with Crippen molar-refractivity contribution in [1.29, 1.82) is 0 Å². The van der Waals surface area contributed by atoms with E-state index in [0.717, 1.165) is 12.0 Å². The Bertz CT molecular complexity index is 269. The minimum atomic E-state index is -0.483. The van der Waals surface area contributed by atoms with Gasteiger partial charge in [-0.1, -0.05) is 37.3 Å². The first kappa shape index (κ1) is 9.78. The zero-order valence-electron chi connectivity index (χ0n) is 7.99. The van der Waals surface area contributed by atoms with Crippen molar-refractivity contribution in [3.05, 3.63) is 35.9 Å². The molecule has 0 N–H and O–H groups in total. The molecule has 2 heteroatoms. The molecular formula is C11H14O2. The molecule has 0 radical (unpaired) electrons. The predicted molar refractivity (Wildman–Crippen MR) is 51.2 cm³/mol. The lowest BCUT2D eigenvalue weighted by atomic mass is 9.93. The SMILES string of the molecule is CCC(C)(OC=O)c1ccccc1. The van der Waals surface area contributed by atoms with E-state index in [4.69, 9.17) is 4.74 Å². The number of carbonyl (C=O) groups excluding carboxylic acids is 1. The molecule has 0 bridgehead atoms. The minimum Gasteiger partial charge on any atom is -0.457 e. The van der Waals surface area contributed by atoms with Gasteiger partial charge >= 0.3 is 0 Å². The third-order valence-electron chi connectivity index (χ3n) is 2.37. The highest BCUT2D eigenvalue weighted by Gasteiger charge is 2.25. The lowest BCUT2D eigenvalue weighted by Gasteiger charge is -2.26. The van der Waals surface area contributed by atoms with E-state index >= 15 is 0 Å². The molecule has 0 aromatic heterocycles. The van der Waals surface area contributed by atoms with Gasteiger partial charge in [0.05, 0.1) is 0 Å². The van der Waals surface area contributed by atoms with Gasteiger partial charge in [0.25, 0.3) is 6.47 Å². The van der Waals surface area contributed by atoms with Crippen LogP contribution in [0.4, 0.5) is 0 Å². The normalized spacial score (nSPS) is 14.6. The van der Waals surface area contributed by atoms with Crippen LogP contribution in [0, 0.1) is 0 Å². The highest BCUT2D eigenvalue weighted by Crippen LogP contribution is 2.27. The summed E-state index contributed by atoms with van der Waals surface area (Å²) in [4.78, 5) is 10.3. The number of ether oxygens (including phenoxy) is 1. The zero-order valence-corrected chi connectivity index (χ0v) is 7.99. The van der Waals surface area contributed by atoms with Crippen molar-refractivity contribution in [3.8, 4) is 0 Å². The van der Waals surface area contributed by atoms with Crippen molar-refractivity contribution in [3.63, 3.8) is 0 Å². The van der Waals surface area contributed by atoms with Crippen molar-refractivity contribution < 1.29 is 9.53 Å². The molecule has 1 rings (SSSR count). The van der Waals surface area contributed by atoms with Crippen LogP contribution in [0.15, 0.2) is 30.3 Å². The van der Waals surface area contributed by atoms with E-state index in [-0.39, 0.29) is 0 Å². The van der Waals surface area contributed by atoms with Crippen LogP contribution in [0.3, 0.4) is 0 Å². The molecule has 0 aliphatic carbocycles. The van der Waals surface area contributed by atoms with Crippen LogP contribution in [-0.2, 0) is 15.1 Å². The van der Waals surface area contributed by atoms with Crippen molar-refractivity contribution >= 4 is 6.47 Å². The van der Waals surface area contributed by atoms with Gasteiger partial charge in [-0.05, 0) is 18.9 Å². The molecule has 0 saturated heterocycles. The molecule has 2 nitrogen and oxygen atoms in total. The first-order valence-corrected chi connectivity index (χ1v) is 4.40. The monoisotopic (exact) mass is 178 g/mol. The van der Waals surface area contributed by atoms with E-state index in [0.29, 0.717) is 6.47 Å². The van der Waals surface area contributed by atoms with Crippen molar-refractivity contribution in [2.45, 2.75) is 25.9 Å². The van der Waals surface area contributed by atoms with Crippen molar-refractivity contribution in [2.75, 3.05) is 0 Å². The van der Waals surface area contributed by atoms with Crippen LogP contribution < -0.4 is 0 Å². The molecule has 0 saturated carbocycles. The Kier molecular flexibility index (Phi) is 3.07. The maximum atomic E-state index is 10.3. The number of hydrogen-bond donors (Lipinski definition) is 0. The smallest absolute Gasteiger partial charge is 0.293 e. The Morgan fingerprint density at radius 1 is 1.38 bits per heavy atom. The van der Waals surface area contributed by atoms with Gasteiger partial charge in [-0.2, -0.15) is 0 Å². The van der Waals surface area contributed by atoms with Gasteiger partial charge in [0.2, 0.25) is 0 Å². The first-order chi connectivity index (χ1) is 6.23. The Balaban J connectivity index is 2.95. The second kappa shape index (κ2) is 4.08. The second-order valence-electron chi connectivity index (χ2n) is 3.16. The highest BCUT2D eigenvalue weighted by atomic mass is 16.5. The molecule has 0 aliphatic rings. The fraction of sp³-hybridized carbons (Fsp3) is 0.364. The molecule has 1 aromatic carbocycles. The van der Waals surface area contributed by atoms with Crippen LogP contribution >= 0.6 is 0 Å². The lowest BCUT2D eigenvalue weighted by Crippen LogP contribution is -2.24. The quantitative estimate of drug-likeness (QED) is 0.662. The van der Waals surface area contributed by atoms with Gasteiger partial charge in [-0.25, -0.2) is 0 Å². The predicted octanol–water partition coefficient (Wildman–Crippen LogP) is 2.48. The van der Waals surface area contributed by atoms with Gasteiger partial charge in [0, 0.05) is 0 Å². The van der Waals surface area contributed by atoms with Crippen LogP contribution in [0.25, 0.3) is 0 Å². The van der Waals surface area contributed by atoms with Gasteiger partial charge in [0.15, 0.2) is 0 Å². The van der Waals surface area contributed by atoms with E-state index < -0.39 is 5.60 Å². The first-order valence-electron chi connectivity index (χ1n) is 4.40. The number of carbonyl (C=O) groups is 1. The van der Waals surface area contributed by atoms with E-state index in [9.17, 15) is 4.79 Å². The standard InChI is InChI=1S/C11H14O2/c1-3-11(2,13-9-12)10-7-5-4-6-8-10/h4-9H,3H2,1-2H3. The van der Waals surface area contributed by atoms with E-state index in [1.807, 2.05) is 44.2 Å². The number of rotatable bonds is 4. The van der Waals surface area contributed by atoms with Crippen LogP contribution in [0.5, 0.6) is 0 Å². The van der Waals surface area contributed by atoms with Gasteiger partial charge < -0.3 is 4.74 Å². The van der Waals surface area contributed by atoms with Crippen LogP contribution in [0.2, 0.25) is 0 Å². The van der Waals surface area contributed by atoms with Gasteiger partial charge in [-0.3, -0.25) is 4.79 Å². The Morgan fingerprint density at radius 2 is 2.00 bits per heavy atom. The average Bonchev–Trinajstić information content (AvgIpc) is 2.19. The Labute approximate surface area is 78.5 Å². The van der Waals surface area contributed by atoms with Crippen molar-refractivity contribution in [2.24, 2.45) is 0 Å². The van der Waals surface area contributed by atoms with Gasteiger partial charge in [0.1, 0.15) is 5.60 Å². The van der Waals surface area contributed by atoms with Crippen LogP contribution in [0.1, 0.15) is 25.8 Å². The van der Waals surface area contributed by atoms with Crippen molar-refractivity contribution in [1.82, 2.24) is 0 Å². The largest absolute Gasteiger partial charge is 0.457 e. The Morgan fingerprint density at radius 3 is 2.46 bits per heavy atom. The maximum absolute atomic E-state index is 10.3. The molecule has 0 aliphatic heterocycles. The average molecular weight is 178 g/mol. The summed E-state index contributed by atoms with van der Waals surface area (Å²) in [7, 11) is 0. The maximum Gasteiger partial charge on any atom is 0.293 e. The molecule has 0 spiro atoms. The Hall–Kier alpha value is -1.31. The molecule has 0 amide bonds. The third-order valence-corrected chi connectivity index (χ3v) is 2.37. The molecule has 0 heterocycles. The summed E-state index contributed by atoms with van der Waals surface area (Å²) in [6.07, 6.45) is 0.774. The number of hydrogen-bond acceptors (Lipinski definition) is 2. The number of benzene rings is 1. The fourth-order valence-corrected chi connectivity index (χ4v) is 1.25. The van der Waals surface area contributed by atoms with E-state index in [2.05, 4.69) is 0 Å². The summed E-state index contributed by atoms with van der Waals surface area (Å²) in [5, 5.41) is 0. The molecule has 1 unspecified atom stereocenters. The zero-order chi connectivity index (χ0) is 9.73. The fourth-order valence-electron chi connectivity index (χ4n) is 1.25.